The first-order valence-electron chi connectivity index (χ1n) is 7.53. The minimum atomic E-state index is 0.0568. The average molecular weight is 285 g/mol. The Balaban J connectivity index is 1.69. The topological polar surface area (TPSA) is 37.8 Å². The van der Waals surface area contributed by atoms with E-state index in [0.29, 0.717) is 6.04 Å². The summed E-state index contributed by atoms with van der Waals surface area (Å²) in [4.78, 5) is 4.82. The Morgan fingerprint density at radius 2 is 1.85 bits per heavy atom. The van der Waals surface area contributed by atoms with Gasteiger partial charge in [-0.15, -0.1) is 0 Å². The number of anilines is 1. The SMILES string of the molecule is c1ccc(C2(c3nsc(NC4CC4)n3)CCCC2)cc1. The third-order valence-corrected chi connectivity index (χ3v) is 5.19. The molecule has 4 heteroatoms. The minimum absolute atomic E-state index is 0.0568. The van der Waals surface area contributed by atoms with E-state index in [2.05, 4.69) is 35.6 Å². The summed E-state index contributed by atoms with van der Waals surface area (Å²) in [6.07, 6.45) is 7.46. The van der Waals surface area contributed by atoms with E-state index >= 15 is 0 Å². The van der Waals surface area contributed by atoms with Crippen LogP contribution in [0.3, 0.4) is 0 Å². The highest BCUT2D eigenvalue weighted by atomic mass is 32.1. The van der Waals surface area contributed by atoms with Crippen LogP contribution in [0.15, 0.2) is 30.3 Å². The molecule has 1 aromatic carbocycles. The molecule has 0 radical (unpaired) electrons. The second-order valence-electron chi connectivity index (χ2n) is 6.00. The fourth-order valence-electron chi connectivity index (χ4n) is 3.26. The lowest BCUT2D eigenvalue weighted by Crippen LogP contribution is -2.25. The molecular formula is C16H19N3S. The Hall–Kier alpha value is -1.42. The highest BCUT2D eigenvalue weighted by molar-refractivity contribution is 7.09. The van der Waals surface area contributed by atoms with E-state index < -0.39 is 0 Å². The van der Waals surface area contributed by atoms with Crippen LogP contribution < -0.4 is 5.32 Å². The van der Waals surface area contributed by atoms with Gasteiger partial charge in [-0.2, -0.15) is 4.37 Å². The molecular weight excluding hydrogens is 266 g/mol. The van der Waals surface area contributed by atoms with Crippen molar-refractivity contribution in [2.75, 3.05) is 5.32 Å². The van der Waals surface area contributed by atoms with Crippen LogP contribution in [0.1, 0.15) is 49.9 Å². The van der Waals surface area contributed by atoms with E-state index in [0.717, 1.165) is 11.0 Å². The molecule has 2 aliphatic carbocycles. The number of nitrogens with zero attached hydrogens (tertiary/aromatic N) is 2. The number of rotatable bonds is 4. The van der Waals surface area contributed by atoms with Crippen molar-refractivity contribution in [2.24, 2.45) is 0 Å². The van der Waals surface area contributed by atoms with Crippen molar-refractivity contribution < 1.29 is 0 Å². The van der Waals surface area contributed by atoms with E-state index in [9.17, 15) is 0 Å². The molecule has 104 valence electrons. The number of hydrogen-bond donors (Lipinski definition) is 1. The second kappa shape index (κ2) is 4.85. The molecule has 3 nitrogen and oxygen atoms in total. The standard InChI is InChI=1S/C16H19N3S/c1-2-6-12(7-3-1)16(10-4-5-11-16)14-18-15(20-19-14)17-13-8-9-13/h1-3,6-7,13H,4-5,8-11H2,(H,17,18,19). The molecule has 1 aromatic heterocycles. The van der Waals surface area contributed by atoms with Crippen molar-refractivity contribution >= 4 is 16.7 Å². The zero-order valence-corrected chi connectivity index (χ0v) is 12.3. The van der Waals surface area contributed by atoms with E-state index in [-0.39, 0.29) is 5.41 Å². The quantitative estimate of drug-likeness (QED) is 0.923. The van der Waals surface area contributed by atoms with E-state index in [1.807, 2.05) is 0 Å². The highest BCUT2D eigenvalue weighted by Crippen LogP contribution is 2.45. The number of aromatic nitrogens is 2. The van der Waals surface area contributed by atoms with Crippen molar-refractivity contribution in [3.8, 4) is 0 Å². The monoisotopic (exact) mass is 285 g/mol. The van der Waals surface area contributed by atoms with Gasteiger partial charge in [0.2, 0.25) is 5.13 Å². The molecule has 0 amide bonds. The van der Waals surface area contributed by atoms with E-state index in [4.69, 9.17) is 9.36 Å². The van der Waals surface area contributed by atoms with Gasteiger partial charge in [0.05, 0.1) is 5.41 Å². The van der Waals surface area contributed by atoms with Gasteiger partial charge >= 0.3 is 0 Å². The third-order valence-electron chi connectivity index (χ3n) is 4.54. The fraction of sp³-hybridized carbons (Fsp3) is 0.500. The predicted octanol–water partition coefficient (Wildman–Crippen LogP) is 3.97. The summed E-state index contributed by atoms with van der Waals surface area (Å²) in [6, 6.07) is 11.5. The molecule has 20 heavy (non-hydrogen) atoms. The van der Waals surface area contributed by atoms with E-state index in [1.165, 1.54) is 55.6 Å². The lowest BCUT2D eigenvalue weighted by Gasteiger charge is -2.26. The molecule has 2 saturated carbocycles. The molecule has 2 fully saturated rings. The predicted molar refractivity (Wildman–Crippen MR) is 82.2 cm³/mol. The molecule has 2 aromatic rings. The zero-order chi connectivity index (χ0) is 13.4. The molecule has 1 N–H and O–H groups in total. The van der Waals surface area contributed by atoms with Gasteiger partial charge in [0.15, 0.2) is 5.82 Å². The molecule has 4 rings (SSSR count). The molecule has 1 heterocycles. The van der Waals surface area contributed by atoms with Crippen LogP contribution in [0.5, 0.6) is 0 Å². The maximum atomic E-state index is 4.82. The summed E-state index contributed by atoms with van der Waals surface area (Å²) in [5.74, 6) is 1.04. The molecule has 0 unspecified atom stereocenters. The maximum Gasteiger partial charge on any atom is 0.202 e. The largest absolute Gasteiger partial charge is 0.358 e. The second-order valence-corrected chi connectivity index (χ2v) is 6.75. The van der Waals surface area contributed by atoms with Crippen molar-refractivity contribution in [2.45, 2.75) is 50.0 Å². The van der Waals surface area contributed by atoms with Crippen molar-refractivity contribution in [3.63, 3.8) is 0 Å². The minimum Gasteiger partial charge on any atom is -0.358 e. The normalized spacial score (nSPS) is 21.0. The molecule has 2 aliphatic rings. The van der Waals surface area contributed by atoms with Gasteiger partial charge in [-0.1, -0.05) is 43.2 Å². The Kier molecular flexibility index (Phi) is 2.99. The number of hydrogen-bond acceptors (Lipinski definition) is 4. The van der Waals surface area contributed by atoms with Crippen LogP contribution in [0.2, 0.25) is 0 Å². The summed E-state index contributed by atoms with van der Waals surface area (Å²) in [6.45, 7) is 0. The fourth-order valence-corrected chi connectivity index (χ4v) is 3.99. The van der Waals surface area contributed by atoms with Gasteiger partial charge in [-0.05, 0) is 31.2 Å². The van der Waals surface area contributed by atoms with Gasteiger partial charge in [0.1, 0.15) is 0 Å². The van der Waals surface area contributed by atoms with Crippen LogP contribution in [-0.2, 0) is 5.41 Å². The van der Waals surface area contributed by atoms with Gasteiger partial charge in [0.25, 0.3) is 0 Å². The van der Waals surface area contributed by atoms with Gasteiger partial charge in [-0.25, -0.2) is 4.98 Å². The first-order chi connectivity index (χ1) is 9.87. The molecule has 0 spiro atoms. The summed E-state index contributed by atoms with van der Waals surface area (Å²) in [7, 11) is 0. The highest BCUT2D eigenvalue weighted by Gasteiger charge is 2.41. The lowest BCUT2D eigenvalue weighted by molar-refractivity contribution is 0.507. The van der Waals surface area contributed by atoms with Crippen LogP contribution in [-0.4, -0.2) is 15.4 Å². The Labute approximate surface area is 123 Å². The van der Waals surface area contributed by atoms with Crippen molar-refractivity contribution in [1.29, 1.82) is 0 Å². The molecule has 0 saturated heterocycles. The first kappa shape index (κ1) is 12.3. The Morgan fingerprint density at radius 3 is 2.55 bits per heavy atom. The maximum absolute atomic E-state index is 4.82. The molecule has 0 atom stereocenters. The first-order valence-corrected chi connectivity index (χ1v) is 8.30. The Bertz CT molecular complexity index is 583. The molecule has 0 bridgehead atoms. The van der Waals surface area contributed by atoms with Crippen molar-refractivity contribution in [1.82, 2.24) is 9.36 Å². The summed E-state index contributed by atoms with van der Waals surface area (Å²) < 4.78 is 4.70. The average Bonchev–Trinajstić information content (AvgIpc) is 2.99. The Morgan fingerprint density at radius 1 is 1.10 bits per heavy atom. The third kappa shape index (κ3) is 2.12. The summed E-state index contributed by atoms with van der Waals surface area (Å²) in [5, 5.41) is 4.48. The van der Waals surface area contributed by atoms with Crippen LogP contribution in [0.25, 0.3) is 0 Å². The summed E-state index contributed by atoms with van der Waals surface area (Å²) in [5.41, 5.74) is 1.44. The lowest BCUT2D eigenvalue weighted by atomic mass is 9.78. The van der Waals surface area contributed by atoms with Gasteiger partial charge in [0, 0.05) is 17.6 Å². The van der Waals surface area contributed by atoms with Gasteiger partial charge in [-0.3, -0.25) is 0 Å². The van der Waals surface area contributed by atoms with Crippen LogP contribution >= 0.6 is 11.5 Å². The number of nitrogens with one attached hydrogen (secondary N) is 1. The van der Waals surface area contributed by atoms with Crippen molar-refractivity contribution in [3.05, 3.63) is 41.7 Å². The van der Waals surface area contributed by atoms with Gasteiger partial charge < -0.3 is 5.32 Å². The summed E-state index contributed by atoms with van der Waals surface area (Å²) >= 11 is 1.53. The zero-order valence-electron chi connectivity index (χ0n) is 11.5. The van der Waals surface area contributed by atoms with E-state index in [1.54, 1.807) is 0 Å². The van der Waals surface area contributed by atoms with Crippen LogP contribution in [0, 0.1) is 0 Å². The smallest absolute Gasteiger partial charge is 0.202 e. The van der Waals surface area contributed by atoms with Crippen LogP contribution in [0.4, 0.5) is 5.13 Å². The molecule has 0 aliphatic heterocycles. The number of benzene rings is 1.